The first-order chi connectivity index (χ1) is 6.18. The number of nitrogens with one attached hydrogen (secondary N) is 1. The predicted octanol–water partition coefficient (Wildman–Crippen LogP) is 2.37. The van der Waals surface area contributed by atoms with E-state index >= 15 is 0 Å². The van der Waals surface area contributed by atoms with Crippen molar-refractivity contribution in [3.8, 4) is 0 Å². The predicted molar refractivity (Wildman–Crippen MR) is 60.0 cm³/mol. The van der Waals surface area contributed by atoms with E-state index in [0.717, 1.165) is 24.0 Å². The fourth-order valence-electron chi connectivity index (χ4n) is 0.969. The molecule has 2 nitrogen and oxygen atoms in total. The van der Waals surface area contributed by atoms with E-state index in [9.17, 15) is 0 Å². The number of thiophene rings is 1. The van der Waals surface area contributed by atoms with E-state index in [2.05, 4.69) is 32.7 Å². The summed E-state index contributed by atoms with van der Waals surface area (Å²) in [6.45, 7) is 3.57. The van der Waals surface area contributed by atoms with Crippen LogP contribution < -0.4 is 5.32 Å². The van der Waals surface area contributed by atoms with Gasteiger partial charge in [-0.3, -0.25) is 0 Å². The highest BCUT2D eigenvalue weighted by Crippen LogP contribution is 2.19. The standard InChI is InChI=1S/C9H14BrNOS/c1-7(12)2-3-11-5-9-4-8(10)6-13-9/h4,6-7,11-12H,2-3,5H2,1H3/t7-/m0/s1. The summed E-state index contributed by atoms with van der Waals surface area (Å²) in [4.78, 5) is 1.32. The molecule has 0 radical (unpaired) electrons. The van der Waals surface area contributed by atoms with Crippen LogP contribution in [0.5, 0.6) is 0 Å². The Bertz CT molecular complexity index is 250. The van der Waals surface area contributed by atoms with Gasteiger partial charge in [0.25, 0.3) is 0 Å². The van der Waals surface area contributed by atoms with Crippen molar-refractivity contribution in [3.63, 3.8) is 0 Å². The van der Waals surface area contributed by atoms with Crippen molar-refractivity contribution in [2.24, 2.45) is 0 Å². The van der Waals surface area contributed by atoms with Crippen LogP contribution in [-0.2, 0) is 6.54 Å². The van der Waals surface area contributed by atoms with Gasteiger partial charge >= 0.3 is 0 Å². The lowest BCUT2D eigenvalue weighted by molar-refractivity contribution is 0.183. The first-order valence-corrected chi connectivity index (χ1v) is 5.97. The van der Waals surface area contributed by atoms with Crippen molar-refractivity contribution in [3.05, 3.63) is 20.8 Å². The molecule has 1 rings (SSSR count). The zero-order chi connectivity index (χ0) is 9.68. The molecule has 0 bridgehead atoms. The molecule has 1 heterocycles. The van der Waals surface area contributed by atoms with Crippen LogP contribution in [0.2, 0.25) is 0 Å². The lowest BCUT2D eigenvalue weighted by Gasteiger charge is -2.04. The zero-order valence-corrected chi connectivity index (χ0v) is 9.99. The van der Waals surface area contributed by atoms with Crippen LogP contribution in [0.4, 0.5) is 0 Å². The number of aliphatic hydroxyl groups is 1. The van der Waals surface area contributed by atoms with Crippen LogP contribution in [0.15, 0.2) is 15.9 Å². The van der Waals surface area contributed by atoms with Crippen LogP contribution in [-0.4, -0.2) is 17.8 Å². The second-order valence-electron chi connectivity index (χ2n) is 3.05. The van der Waals surface area contributed by atoms with Crippen molar-refractivity contribution in [1.82, 2.24) is 5.32 Å². The molecule has 0 fully saturated rings. The van der Waals surface area contributed by atoms with Crippen molar-refractivity contribution in [2.45, 2.75) is 26.0 Å². The van der Waals surface area contributed by atoms with E-state index in [0.29, 0.717) is 0 Å². The van der Waals surface area contributed by atoms with E-state index < -0.39 is 0 Å². The highest BCUT2D eigenvalue weighted by molar-refractivity contribution is 9.10. The maximum Gasteiger partial charge on any atom is 0.0524 e. The molecule has 0 aliphatic heterocycles. The Kier molecular flexibility index (Phi) is 4.94. The average Bonchev–Trinajstić information content (AvgIpc) is 2.45. The molecule has 0 saturated heterocycles. The van der Waals surface area contributed by atoms with Gasteiger partial charge in [0.05, 0.1) is 6.10 Å². The third kappa shape index (κ3) is 4.76. The van der Waals surface area contributed by atoms with E-state index in [4.69, 9.17) is 5.11 Å². The van der Waals surface area contributed by atoms with E-state index in [1.54, 1.807) is 11.3 Å². The first kappa shape index (κ1) is 11.2. The number of rotatable bonds is 5. The Hall–Kier alpha value is 0.1000. The SMILES string of the molecule is C[C@H](O)CCNCc1cc(Br)cs1. The van der Waals surface area contributed by atoms with Gasteiger partial charge < -0.3 is 10.4 Å². The Morgan fingerprint density at radius 3 is 3.00 bits per heavy atom. The normalized spacial score (nSPS) is 13.2. The minimum Gasteiger partial charge on any atom is -0.393 e. The molecule has 4 heteroatoms. The highest BCUT2D eigenvalue weighted by atomic mass is 79.9. The topological polar surface area (TPSA) is 32.3 Å². The van der Waals surface area contributed by atoms with E-state index in [-0.39, 0.29) is 6.10 Å². The molecule has 1 atom stereocenters. The third-order valence-corrected chi connectivity index (χ3v) is 3.36. The van der Waals surface area contributed by atoms with Gasteiger partial charge in [0, 0.05) is 21.3 Å². The van der Waals surface area contributed by atoms with E-state index in [1.807, 2.05) is 6.92 Å². The Morgan fingerprint density at radius 2 is 2.46 bits per heavy atom. The lowest BCUT2D eigenvalue weighted by atomic mass is 10.3. The molecular formula is C9H14BrNOS. The summed E-state index contributed by atoms with van der Waals surface area (Å²) in [6, 6.07) is 2.11. The summed E-state index contributed by atoms with van der Waals surface area (Å²) in [5.41, 5.74) is 0. The highest BCUT2D eigenvalue weighted by Gasteiger charge is 1.98. The van der Waals surface area contributed by atoms with Gasteiger partial charge in [-0.2, -0.15) is 0 Å². The van der Waals surface area contributed by atoms with Gasteiger partial charge in [-0.05, 0) is 41.9 Å². The molecular weight excluding hydrogens is 250 g/mol. The van der Waals surface area contributed by atoms with Gasteiger partial charge in [0.1, 0.15) is 0 Å². The van der Waals surface area contributed by atoms with Gasteiger partial charge in [-0.1, -0.05) is 0 Å². The maximum atomic E-state index is 9.01. The Balaban J connectivity index is 2.13. The van der Waals surface area contributed by atoms with Crippen molar-refractivity contribution < 1.29 is 5.11 Å². The van der Waals surface area contributed by atoms with Crippen molar-refractivity contribution in [2.75, 3.05) is 6.54 Å². The quantitative estimate of drug-likeness (QED) is 0.800. The number of halogens is 1. The molecule has 74 valence electrons. The van der Waals surface area contributed by atoms with Gasteiger partial charge in [-0.15, -0.1) is 11.3 Å². The van der Waals surface area contributed by atoms with Crippen molar-refractivity contribution >= 4 is 27.3 Å². The van der Waals surface area contributed by atoms with Crippen molar-refractivity contribution in [1.29, 1.82) is 0 Å². The number of hydrogen-bond acceptors (Lipinski definition) is 3. The smallest absolute Gasteiger partial charge is 0.0524 e. The molecule has 1 aromatic heterocycles. The molecule has 0 unspecified atom stereocenters. The molecule has 13 heavy (non-hydrogen) atoms. The zero-order valence-electron chi connectivity index (χ0n) is 7.59. The summed E-state index contributed by atoms with van der Waals surface area (Å²) < 4.78 is 1.14. The molecule has 0 spiro atoms. The van der Waals surface area contributed by atoms with Crippen LogP contribution in [0.3, 0.4) is 0 Å². The van der Waals surface area contributed by atoms with Crippen LogP contribution in [0.1, 0.15) is 18.2 Å². The fraction of sp³-hybridized carbons (Fsp3) is 0.556. The fourth-order valence-corrected chi connectivity index (χ4v) is 2.39. The summed E-state index contributed by atoms with van der Waals surface area (Å²) in [5.74, 6) is 0. The van der Waals surface area contributed by atoms with E-state index in [1.165, 1.54) is 4.88 Å². The molecule has 0 aliphatic rings. The minimum absolute atomic E-state index is 0.206. The van der Waals surface area contributed by atoms with Gasteiger partial charge in [0.2, 0.25) is 0 Å². The van der Waals surface area contributed by atoms with Gasteiger partial charge in [-0.25, -0.2) is 0 Å². The summed E-state index contributed by atoms with van der Waals surface area (Å²) in [6.07, 6.45) is 0.606. The largest absolute Gasteiger partial charge is 0.393 e. The maximum absolute atomic E-state index is 9.01. The first-order valence-electron chi connectivity index (χ1n) is 4.30. The molecule has 0 saturated carbocycles. The molecule has 0 aromatic carbocycles. The molecule has 1 aromatic rings. The summed E-state index contributed by atoms with van der Waals surface area (Å²) in [7, 11) is 0. The second-order valence-corrected chi connectivity index (χ2v) is 4.96. The number of aliphatic hydroxyl groups excluding tert-OH is 1. The number of hydrogen-bond donors (Lipinski definition) is 2. The summed E-state index contributed by atoms with van der Waals surface area (Å²) in [5, 5.41) is 14.4. The average molecular weight is 264 g/mol. The van der Waals surface area contributed by atoms with Crippen LogP contribution in [0, 0.1) is 0 Å². The second kappa shape index (κ2) is 5.75. The Morgan fingerprint density at radius 1 is 1.69 bits per heavy atom. The Labute approximate surface area is 91.1 Å². The molecule has 0 amide bonds. The van der Waals surface area contributed by atoms with Crippen LogP contribution in [0.25, 0.3) is 0 Å². The lowest BCUT2D eigenvalue weighted by Crippen LogP contribution is -2.17. The molecule has 2 N–H and O–H groups in total. The minimum atomic E-state index is -0.206. The van der Waals surface area contributed by atoms with Crippen LogP contribution >= 0.6 is 27.3 Å². The monoisotopic (exact) mass is 263 g/mol. The third-order valence-electron chi connectivity index (χ3n) is 1.66. The van der Waals surface area contributed by atoms with Gasteiger partial charge in [0.15, 0.2) is 0 Å². The molecule has 0 aliphatic carbocycles. The summed E-state index contributed by atoms with van der Waals surface area (Å²) >= 11 is 5.14.